The molecule has 0 saturated heterocycles. The summed E-state index contributed by atoms with van der Waals surface area (Å²) in [5.41, 5.74) is 0.989. The predicted octanol–water partition coefficient (Wildman–Crippen LogP) is 5.63. The first-order valence-corrected chi connectivity index (χ1v) is 10.0. The highest BCUT2D eigenvalue weighted by Crippen LogP contribution is 2.20. The van der Waals surface area contributed by atoms with Gasteiger partial charge in [0.25, 0.3) is 5.91 Å². The monoisotopic (exact) mass is 421 g/mol. The zero-order valence-corrected chi connectivity index (χ0v) is 17.8. The summed E-state index contributed by atoms with van der Waals surface area (Å²) in [4.78, 5) is 24.8. The molecule has 4 nitrogen and oxygen atoms in total. The first-order valence-electron chi connectivity index (χ1n) is 9.26. The molecule has 0 aliphatic rings. The Bertz CT molecular complexity index is 788. The molecule has 0 spiro atoms. The van der Waals surface area contributed by atoms with Crippen LogP contribution in [-0.2, 0) is 4.74 Å². The molecule has 0 aliphatic heterocycles. The Hall–Kier alpha value is -2.04. The van der Waals surface area contributed by atoms with E-state index < -0.39 is 5.97 Å². The highest BCUT2D eigenvalue weighted by atomic mass is 35.5. The molecule has 0 radical (unpaired) electrons. The Kier molecular flexibility index (Phi) is 8.34. The van der Waals surface area contributed by atoms with Crippen molar-refractivity contribution in [2.75, 3.05) is 6.54 Å². The first-order chi connectivity index (χ1) is 13.3. The van der Waals surface area contributed by atoms with Gasteiger partial charge in [0.1, 0.15) is 6.10 Å². The third-order valence-electron chi connectivity index (χ3n) is 4.44. The van der Waals surface area contributed by atoms with Gasteiger partial charge >= 0.3 is 5.97 Å². The lowest BCUT2D eigenvalue weighted by molar-refractivity contribution is 0.0168. The number of benzene rings is 2. The van der Waals surface area contributed by atoms with E-state index >= 15 is 0 Å². The summed E-state index contributed by atoms with van der Waals surface area (Å²) >= 11 is 11.7. The number of esters is 1. The van der Waals surface area contributed by atoms with Gasteiger partial charge in [-0.25, -0.2) is 4.79 Å². The maximum Gasteiger partial charge on any atom is 0.338 e. The van der Waals surface area contributed by atoms with Gasteiger partial charge in [-0.2, -0.15) is 0 Å². The fourth-order valence-corrected chi connectivity index (χ4v) is 3.14. The second-order valence-corrected chi connectivity index (χ2v) is 8.10. The van der Waals surface area contributed by atoms with Crippen LogP contribution < -0.4 is 5.32 Å². The maximum absolute atomic E-state index is 12.4. The molecule has 0 fully saturated rings. The van der Waals surface area contributed by atoms with Crippen molar-refractivity contribution in [3.05, 3.63) is 69.7 Å². The van der Waals surface area contributed by atoms with Crippen molar-refractivity contribution < 1.29 is 14.3 Å². The number of amides is 1. The number of hydrogen-bond donors (Lipinski definition) is 1. The lowest BCUT2D eigenvalue weighted by atomic mass is 9.92. The third-order valence-corrected chi connectivity index (χ3v) is 4.95. The molecule has 1 N–H and O–H groups in total. The van der Waals surface area contributed by atoms with Gasteiger partial charge in [0.2, 0.25) is 0 Å². The number of hydrogen-bond acceptors (Lipinski definition) is 3. The molecule has 2 rings (SSSR count). The van der Waals surface area contributed by atoms with Crippen LogP contribution in [0.3, 0.4) is 0 Å². The highest BCUT2D eigenvalue weighted by Gasteiger charge is 2.23. The van der Waals surface area contributed by atoms with E-state index in [4.69, 9.17) is 27.9 Å². The van der Waals surface area contributed by atoms with Crippen molar-refractivity contribution in [3.8, 4) is 0 Å². The molecule has 0 bridgehead atoms. The molecule has 0 saturated carbocycles. The molecule has 2 aromatic rings. The fraction of sp³-hybridized carbons (Fsp3) is 0.364. The van der Waals surface area contributed by atoms with E-state index in [9.17, 15) is 9.59 Å². The van der Waals surface area contributed by atoms with Crippen molar-refractivity contribution in [3.63, 3.8) is 0 Å². The minimum atomic E-state index is -0.401. The molecule has 1 amide bonds. The van der Waals surface area contributed by atoms with Crippen LogP contribution in [0.4, 0.5) is 0 Å². The van der Waals surface area contributed by atoms with Crippen LogP contribution in [0.5, 0.6) is 0 Å². The van der Waals surface area contributed by atoms with E-state index in [0.29, 0.717) is 33.6 Å². The molecule has 0 heterocycles. The summed E-state index contributed by atoms with van der Waals surface area (Å²) in [5.74, 6) is -0.190. The molecule has 2 aromatic carbocycles. The normalized spacial score (nSPS) is 13.1. The van der Waals surface area contributed by atoms with Gasteiger partial charge in [-0.05, 0) is 67.8 Å². The van der Waals surface area contributed by atoms with Gasteiger partial charge in [0.15, 0.2) is 0 Å². The van der Waals surface area contributed by atoms with Gasteiger partial charge in [-0.1, -0.05) is 37.0 Å². The predicted molar refractivity (Wildman–Crippen MR) is 113 cm³/mol. The lowest BCUT2D eigenvalue weighted by Crippen LogP contribution is -2.36. The van der Waals surface area contributed by atoms with Gasteiger partial charge in [0, 0.05) is 28.1 Å². The van der Waals surface area contributed by atoms with E-state index in [1.165, 1.54) is 0 Å². The summed E-state index contributed by atoms with van der Waals surface area (Å²) in [6.07, 6.45) is 0.465. The molecule has 28 heavy (non-hydrogen) atoms. The second-order valence-electron chi connectivity index (χ2n) is 7.22. The van der Waals surface area contributed by atoms with E-state index in [0.717, 1.165) is 6.42 Å². The number of carbonyl (C=O) groups is 2. The number of halogens is 2. The molecule has 0 aliphatic carbocycles. The van der Waals surface area contributed by atoms with Crippen molar-refractivity contribution >= 4 is 35.1 Å². The van der Waals surface area contributed by atoms with Crippen molar-refractivity contribution in [1.29, 1.82) is 0 Å². The largest absolute Gasteiger partial charge is 0.459 e. The zero-order chi connectivity index (χ0) is 20.7. The molecular weight excluding hydrogens is 397 g/mol. The maximum atomic E-state index is 12.4. The third kappa shape index (κ3) is 6.84. The van der Waals surface area contributed by atoms with Crippen molar-refractivity contribution in [2.24, 2.45) is 11.8 Å². The number of ether oxygens (including phenoxy) is 1. The van der Waals surface area contributed by atoms with Gasteiger partial charge in [-0.3, -0.25) is 4.79 Å². The molecule has 2 unspecified atom stereocenters. The van der Waals surface area contributed by atoms with Gasteiger partial charge < -0.3 is 10.1 Å². The second kappa shape index (κ2) is 10.5. The Morgan fingerprint density at radius 3 is 1.89 bits per heavy atom. The summed E-state index contributed by atoms with van der Waals surface area (Å²) < 4.78 is 5.64. The van der Waals surface area contributed by atoms with Gasteiger partial charge in [-0.15, -0.1) is 0 Å². The van der Waals surface area contributed by atoms with E-state index in [-0.39, 0.29) is 17.9 Å². The topological polar surface area (TPSA) is 55.4 Å². The van der Waals surface area contributed by atoms with E-state index in [2.05, 4.69) is 19.2 Å². The smallest absolute Gasteiger partial charge is 0.338 e. The van der Waals surface area contributed by atoms with E-state index in [1.54, 1.807) is 48.5 Å². The molecule has 6 heteroatoms. The summed E-state index contributed by atoms with van der Waals surface area (Å²) in [7, 11) is 0. The Morgan fingerprint density at radius 1 is 0.893 bits per heavy atom. The van der Waals surface area contributed by atoms with Crippen LogP contribution in [0, 0.1) is 11.8 Å². The minimum absolute atomic E-state index is 0.00694. The molecule has 2 atom stereocenters. The molecule has 0 aromatic heterocycles. The summed E-state index contributed by atoms with van der Waals surface area (Å²) in [5, 5.41) is 4.08. The standard InChI is InChI=1S/C22H25Cl2NO3/c1-14(2)12-18(13-25-21(26)16-4-8-19(23)9-5-16)15(3)28-22(27)17-6-10-20(24)11-7-17/h4-11,14-15,18H,12-13H2,1-3H3,(H,25,26). The Morgan fingerprint density at radius 2 is 1.39 bits per heavy atom. The van der Waals surface area contributed by atoms with Crippen LogP contribution >= 0.6 is 23.2 Å². The number of carbonyl (C=O) groups excluding carboxylic acids is 2. The van der Waals surface area contributed by atoms with Crippen molar-refractivity contribution in [2.45, 2.75) is 33.3 Å². The molecule has 150 valence electrons. The van der Waals surface area contributed by atoms with Crippen LogP contribution in [0.25, 0.3) is 0 Å². The minimum Gasteiger partial charge on any atom is -0.459 e. The fourth-order valence-electron chi connectivity index (χ4n) is 2.89. The Balaban J connectivity index is 1.98. The van der Waals surface area contributed by atoms with Gasteiger partial charge in [0.05, 0.1) is 5.56 Å². The van der Waals surface area contributed by atoms with Crippen LogP contribution in [0.1, 0.15) is 47.9 Å². The lowest BCUT2D eigenvalue weighted by Gasteiger charge is -2.26. The zero-order valence-electron chi connectivity index (χ0n) is 16.2. The average Bonchev–Trinajstić information content (AvgIpc) is 2.65. The van der Waals surface area contributed by atoms with Crippen LogP contribution in [-0.4, -0.2) is 24.5 Å². The number of nitrogens with one attached hydrogen (secondary N) is 1. The SMILES string of the molecule is CC(C)CC(CNC(=O)c1ccc(Cl)cc1)C(C)OC(=O)c1ccc(Cl)cc1. The summed E-state index contributed by atoms with van der Waals surface area (Å²) in [6.45, 7) is 6.47. The van der Waals surface area contributed by atoms with Crippen LogP contribution in [0.15, 0.2) is 48.5 Å². The van der Waals surface area contributed by atoms with Crippen molar-refractivity contribution in [1.82, 2.24) is 5.32 Å². The van der Waals surface area contributed by atoms with Crippen LogP contribution in [0.2, 0.25) is 10.0 Å². The van der Waals surface area contributed by atoms with E-state index in [1.807, 2.05) is 6.92 Å². The first kappa shape index (κ1) is 22.3. The Labute approximate surface area is 176 Å². The average molecular weight is 422 g/mol. The summed E-state index contributed by atoms with van der Waals surface area (Å²) in [6, 6.07) is 13.3. The highest BCUT2D eigenvalue weighted by molar-refractivity contribution is 6.31. The quantitative estimate of drug-likeness (QED) is 0.561. The molecular formula is C22H25Cl2NO3. The number of rotatable bonds is 8.